The van der Waals surface area contributed by atoms with E-state index in [-0.39, 0.29) is 7.92 Å². The number of hydrogen-bond acceptors (Lipinski definition) is 3. The minimum atomic E-state index is -0.292. The number of ether oxygens (including phenoxy) is 3. The Hall–Kier alpha value is -1.73. The van der Waals surface area contributed by atoms with Gasteiger partial charge in [0.15, 0.2) is 0 Å². The second kappa shape index (κ2) is 7.25. The summed E-state index contributed by atoms with van der Waals surface area (Å²) in [5, 5.41) is 1.41. The maximum atomic E-state index is 6.12. The average Bonchev–Trinajstić information content (AvgIpc) is 3.12. The number of methoxy groups -OCH3 is 2. The van der Waals surface area contributed by atoms with Gasteiger partial charge in [-0.2, -0.15) is 0 Å². The monoisotopic (exact) mass is 356 g/mol. The fourth-order valence-electron chi connectivity index (χ4n) is 4.14. The van der Waals surface area contributed by atoms with Crippen molar-refractivity contribution in [2.24, 2.45) is 0 Å². The normalized spacial score (nSPS) is 20.0. The van der Waals surface area contributed by atoms with Crippen LogP contribution in [0.5, 0.6) is 17.2 Å². The third kappa shape index (κ3) is 3.00. The van der Waals surface area contributed by atoms with Crippen molar-refractivity contribution < 1.29 is 14.2 Å². The van der Waals surface area contributed by atoms with Gasteiger partial charge in [0.1, 0.15) is 23.6 Å². The summed E-state index contributed by atoms with van der Waals surface area (Å²) in [6.45, 7) is 0. The van der Waals surface area contributed by atoms with Crippen molar-refractivity contribution in [2.75, 3.05) is 20.6 Å². The van der Waals surface area contributed by atoms with Crippen molar-refractivity contribution in [3.05, 3.63) is 36.4 Å². The van der Waals surface area contributed by atoms with E-state index in [9.17, 15) is 0 Å². The van der Waals surface area contributed by atoms with Gasteiger partial charge >= 0.3 is 0 Å². The molecule has 4 heteroatoms. The predicted molar refractivity (Wildman–Crippen MR) is 104 cm³/mol. The highest BCUT2D eigenvalue weighted by Gasteiger charge is 2.35. The Bertz CT molecular complexity index is 731. The second-order valence-electron chi connectivity index (χ2n) is 6.72. The zero-order valence-corrected chi connectivity index (χ0v) is 15.9. The van der Waals surface area contributed by atoms with Gasteiger partial charge < -0.3 is 14.2 Å². The van der Waals surface area contributed by atoms with Crippen LogP contribution in [0.15, 0.2) is 36.4 Å². The van der Waals surface area contributed by atoms with Gasteiger partial charge in [-0.15, -0.1) is 0 Å². The van der Waals surface area contributed by atoms with Gasteiger partial charge in [0.25, 0.3) is 0 Å². The van der Waals surface area contributed by atoms with Crippen molar-refractivity contribution in [1.29, 1.82) is 0 Å². The molecule has 0 amide bonds. The smallest absolute Gasteiger partial charge is 0.130 e. The molecule has 1 unspecified atom stereocenters. The van der Waals surface area contributed by atoms with Crippen molar-refractivity contribution in [3.8, 4) is 28.4 Å². The maximum absolute atomic E-state index is 6.12. The van der Waals surface area contributed by atoms with E-state index in [4.69, 9.17) is 14.2 Å². The van der Waals surface area contributed by atoms with Gasteiger partial charge in [0.2, 0.25) is 0 Å². The van der Waals surface area contributed by atoms with Crippen LogP contribution in [0.4, 0.5) is 0 Å². The van der Waals surface area contributed by atoms with Gasteiger partial charge in [0.05, 0.1) is 19.8 Å². The average molecular weight is 356 g/mol. The van der Waals surface area contributed by atoms with Crippen molar-refractivity contribution in [2.45, 2.75) is 37.8 Å². The Morgan fingerprint density at radius 1 is 0.920 bits per heavy atom. The summed E-state index contributed by atoms with van der Waals surface area (Å²) in [7, 11) is 3.16. The van der Waals surface area contributed by atoms with E-state index in [1.54, 1.807) is 14.2 Å². The zero-order chi connectivity index (χ0) is 17.2. The lowest BCUT2D eigenvalue weighted by Gasteiger charge is -2.28. The largest absolute Gasteiger partial charge is 0.496 e. The molecule has 1 aliphatic carbocycles. The number of rotatable bonds is 4. The van der Waals surface area contributed by atoms with Gasteiger partial charge in [-0.25, -0.2) is 0 Å². The van der Waals surface area contributed by atoms with Gasteiger partial charge in [-0.1, -0.05) is 37.5 Å². The van der Waals surface area contributed by atoms with Crippen LogP contribution >= 0.6 is 7.92 Å². The van der Waals surface area contributed by atoms with Crippen molar-refractivity contribution in [1.82, 2.24) is 0 Å². The summed E-state index contributed by atoms with van der Waals surface area (Å²) in [5.74, 6) is 2.78. The molecule has 1 fully saturated rings. The lowest BCUT2D eigenvalue weighted by molar-refractivity contribution is 0.396. The zero-order valence-electron chi connectivity index (χ0n) is 15.0. The number of benzene rings is 2. The Balaban J connectivity index is 1.84. The molecule has 25 heavy (non-hydrogen) atoms. The van der Waals surface area contributed by atoms with E-state index in [1.807, 2.05) is 18.2 Å². The Morgan fingerprint density at radius 3 is 2.28 bits per heavy atom. The summed E-state index contributed by atoms with van der Waals surface area (Å²) in [4.78, 5) is 0. The Morgan fingerprint density at radius 2 is 1.60 bits per heavy atom. The molecule has 4 rings (SSSR count). The van der Waals surface area contributed by atoms with Gasteiger partial charge in [-0.05, 0) is 44.6 Å². The van der Waals surface area contributed by atoms with Crippen LogP contribution < -0.4 is 19.5 Å². The molecule has 0 saturated heterocycles. The first kappa shape index (κ1) is 16.7. The van der Waals surface area contributed by atoms with Crippen molar-refractivity contribution in [3.63, 3.8) is 0 Å². The molecule has 1 heterocycles. The van der Waals surface area contributed by atoms with Crippen LogP contribution in [0.1, 0.15) is 32.1 Å². The minimum Gasteiger partial charge on any atom is -0.496 e. The SMILES string of the molecule is COc1cccc(OC)c1-c1cccc2c1P(C1CCCCC1)CO2. The van der Waals surface area contributed by atoms with Gasteiger partial charge in [0, 0.05) is 10.9 Å². The van der Waals surface area contributed by atoms with E-state index in [0.29, 0.717) is 0 Å². The topological polar surface area (TPSA) is 27.7 Å². The van der Waals surface area contributed by atoms with E-state index >= 15 is 0 Å². The van der Waals surface area contributed by atoms with Crippen molar-refractivity contribution >= 4 is 13.2 Å². The molecule has 1 aliphatic heterocycles. The lowest BCUT2D eigenvalue weighted by Crippen LogP contribution is -2.17. The van der Waals surface area contributed by atoms with Crippen LogP contribution in [-0.2, 0) is 0 Å². The molecule has 0 aromatic heterocycles. The van der Waals surface area contributed by atoms with Crippen LogP contribution in [0.25, 0.3) is 11.1 Å². The molecular formula is C21H25O3P. The van der Waals surface area contributed by atoms with E-state index in [0.717, 1.165) is 34.8 Å². The highest BCUT2D eigenvalue weighted by atomic mass is 31.1. The first-order chi connectivity index (χ1) is 12.3. The molecule has 1 saturated carbocycles. The van der Waals surface area contributed by atoms with E-state index in [2.05, 4.69) is 18.2 Å². The molecule has 2 aromatic rings. The maximum Gasteiger partial charge on any atom is 0.130 e. The molecule has 2 aliphatic rings. The summed E-state index contributed by atoms with van der Waals surface area (Å²) >= 11 is 0. The third-order valence-corrected chi connectivity index (χ3v) is 8.20. The fraction of sp³-hybridized carbons (Fsp3) is 0.429. The minimum absolute atomic E-state index is 0.292. The molecule has 0 bridgehead atoms. The van der Waals surface area contributed by atoms with Crippen LogP contribution in [0.2, 0.25) is 0 Å². The molecule has 0 radical (unpaired) electrons. The summed E-state index contributed by atoms with van der Waals surface area (Å²) in [5.41, 5.74) is 3.06. The molecule has 3 nitrogen and oxygen atoms in total. The summed E-state index contributed by atoms with van der Waals surface area (Å²) < 4.78 is 17.5. The number of fused-ring (bicyclic) bond motifs is 1. The second-order valence-corrected chi connectivity index (χ2v) is 9.10. The van der Waals surface area contributed by atoms with Crippen LogP contribution in [0.3, 0.4) is 0 Å². The molecule has 2 aromatic carbocycles. The number of hydrogen-bond donors (Lipinski definition) is 0. The first-order valence-corrected chi connectivity index (χ1v) is 10.7. The Labute approximate surface area is 151 Å². The van der Waals surface area contributed by atoms with Crippen LogP contribution in [0, 0.1) is 0 Å². The predicted octanol–water partition coefficient (Wildman–Crippen LogP) is 5.16. The van der Waals surface area contributed by atoms with Crippen LogP contribution in [-0.4, -0.2) is 26.2 Å². The molecule has 132 valence electrons. The molecule has 0 N–H and O–H groups in total. The highest BCUT2D eigenvalue weighted by Crippen LogP contribution is 2.55. The highest BCUT2D eigenvalue weighted by molar-refractivity contribution is 7.67. The summed E-state index contributed by atoms with van der Waals surface area (Å²) in [6.07, 6.45) is 7.65. The van der Waals surface area contributed by atoms with E-state index in [1.165, 1.54) is 43.0 Å². The van der Waals surface area contributed by atoms with Gasteiger partial charge in [-0.3, -0.25) is 0 Å². The summed E-state index contributed by atoms with van der Waals surface area (Å²) in [6, 6.07) is 12.4. The molecule has 0 spiro atoms. The fourth-order valence-corrected chi connectivity index (χ4v) is 7.03. The first-order valence-electron chi connectivity index (χ1n) is 9.07. The lowest BCUT2D eigenvalue weighted by atomic mass is 10.0. The quantitative estimate of drug-likeness (QED) is 0.708. The standard InChI is InChI=1S/C21H25O3P/c1-22-17-11-7-12-18(23-2)20(17)16-10-6-13-19-21(16)25(14-24-19)15-8-4-3-5-9-15/h6-7,10-13,15H,3-5,8-9,14H2,1-2H3. The third-order valence-electron chi connectivity index (χ3n) is 5.36. The Kier molecular flexibility index (Phi) is 4.85. The molecule has 1 atom stereocenters. The molecular weight excluding hydrogens is 331 g/mol. The van der Waals surface area contributed by atoms with E-state index < -0.39 is 0 Å².